The van der Waals surface area contributed by atoms with E-state index < -0.39 is 0 Å². The fourth-order valence-corrected chi connectivity index (χ4v) is 2.61. The minimum absolute atomic E-state index is 0.149. The van der Waals surface area contributed by atoms with Gasteiger partial charge in [0.15, 0.2) is 5.96 Å². The van der Waals surface area contributed by atoms with E-state index in [-0.39, 0.29) is 5.97 Å². The summed E-state index contributed by atoms with van der Waals surface area (Å²) in [7, 11) is 4.87. The highest BCUT2D eigenvalue weighted by Crippen LogP contribution is 2.20. The number of ether oxygens (including phenoxy) is 3. The number of nitrogens with one attached hydrogen (secondary N) is 2. The summed E-state index contributed by atoms with van der Waals surface area (Å²) in [6, 6.07) is 6.21. The zero-order chi connectivity index (χ0) is 20.6. The molecule has 0 fully saturated rings. The zero-order valence-electron chi connectivity index (χ0n) is 17.7. The van der Waals surface area contributed by atoms with E-state index in [1.54, 1.807) is 14.2 Å². The molecule has 2 N–H and O–H groups in total. The fraction of sp³-hybridized carbons (Fsp3) is 0.619. The van der Waals surface area contributed by atoms with Crippen molar-refractivity contribution in [3.63, 3.8) is 0 Å². The van der Waals surface area contributed by atoms with Crippen LogP contribution in [0.3, 0.4) is 0 Å². The van der Waals surface area contributed by atoms with Crippen molar-refractivity contribution in [3.05, 3.63) is 29.3 Å². The van der Waals surface area contributed by atoms with Crippen molar-refractivity contribution in [3.8, 4) is 5.75 Å². The number of aliphatic imine (C=N–C) groups is 1. The van der Waals surface area contributed by atoms with Gasteiger partial charge in [-0.2, -0.15) is 0 Å². The first-order chi connectivity index (χ1) is 13.6. The highest BCUT2D eigenvalue weighted by molar-refractivity contribution is 5.79. The van der Waals surface area contributed by atoms with E-state index in [9.17, 15) is 4.79 Å². The second-order valence-corrected chi connectivity index (χ2v) is 6.55. The van der Waals surface area contributed by atoms with Crippen molar-refractivity contribution in [2.75, 3.05) is 41.0 Å². The summed E-state index contributed by atoms with van der Waals surface area (Å²) in [5.74, 6) is 1.49. The number of rotatable bonds is 13. The summed E-state index contributed by atoms with van der Waals surface area (Å²) in [5, 5.41) is 6.62. The molecule has 0 amide bonds. The average Bonchev–Trinajstić information content (AvgIpc) is 2.70. The maximum atomic E-state index is 11.1. The Morgan fingerprint density at radius 3 is 2.61 bits per heavy atom. The largest absolute Gasteiger partial charge is 0.493 e. The zero-order valence-corrected chi connectivity index (χ0v) is 17.7. The van der Waals surface area contributed by atoms with Gasteiger partial charge in [0.2, 0.25) is 0 Å². The topological polar surface area (TPSA) is 81.2 Å². The monoisotopic (exact) mass is 393 g/mol. The van der Waals surface area contributed by atoms with Crippen LogP contribution >= 0.6 is 0 Å². The van der Waals surface area contributed by atoms with Crippen molar-refractivity contribution in [1.82, 2.24) is 10.6 Å². The first-order valence-corrected chi connectivity index (χ1v) is 9.83. The molecule has 0 saturated heterocycles. The summed E-state index contributed by atoms with van der Waals surface area (Å²) in [6.45, 7) is 4.80. The average molecular weight is 394 g/mol. The molecule has 0 atom stereocenters. The predicted molar refractivity (Wildman–Crippen MR) is 112 cm³/mol. The molecule has 158 valence electrons. The molecule has 0 aliphatic rings. The van der Waals surface area contributed by atoms with E-state index in [0.29, 0.717) is 26.2 Å². The second-order valence-electron chi connectivity index (χ2n) is 6.55. The van der Waals surface area contributed by atoms with Gasteiger partial charge >= 0.3 is 5.97 Å². The van der Waals surface area contributed by atoms with Crippen LogP contribution in [-0.2, 0) is 20.8 Å². The summed E-state index contributed by atoms with van der Waals surface area (Å²) < 4.78 is 15.6. The summed E-state index contributed by atoms with van der Waals surface area (Å²) in [4.78, 5) is 15.3. The lowest BCUT2D eigenvalue weighted by atomic mass is 10.1. The van der Waals surface area contributed by atoms with Crippen LogP contribution in [0, 0.1) is 6.92 Å². The molecule has 1 aromatic carbocycles. The minimum Gasteiger partial charge on any atom is -0.493 e. The minimum atomic E-state index is -0.149. The van der Waals surface area contributed by atoms with E-state index in [0.717, 1.165) is 49.5 Å². The molecule has 0 aromatic heterocycles. The van der Waals surface area contributed by atoms with Gasteiger partial charge in [0.05, 0.1) is 13.7 Å². The molecule has 0 unspecified atom stereocenters. The molecular formula is C21H35N3O4. The Kier molecular flexibility index (Phi) is 12.5. The Morgan fingerprint density at radius 2 is 1.89 bits per heavy atom. The van der Waals surface area contributed by atoms with Gasteiger partial charge in [0.1, 0.15) is 5.75 Å². The Balaban J connectivity index is 2.38. The molecule has 7 heteroatoms. The standard InChI is InChI=1S/C21H35N3O4/c1-17-10-11-18(19(15-17)28-14-8-13-26-3)16-24-21(22-2)23-12-7-5-6-9-20(25)27-4/h10-11,15H,5-9,12-14,16H2,1-4H3,(H2,22,23,24). The molecule has 28 heavy (non-hydrogen) atoms. The van der Waals surface area contributed by atoms with Crippen LogP contribution in [0.5, 0.6) is 5.75 Å². The normalized spacial score (nSPS) is 11.2. The molecule has 0 radical (unpaired) electrons. The molecule has 0 saturated carbocycles. The predicted octanol–water partition coefficient (Wildman–Crippen LogP) is 2.81. The molecule has 0 aliphatic heterocycles. The number of unbranched alkanes of at least 4 members (excludes halogenated alkanes) is 2. The smallest absolute Gasteiger partial charge is 0.305 e. The van der Waals surface area contributed by atoms with Crippen LogP contribution < -0.4 is 15.4 Å². The van der Waals surface area contributed by atoms with Crippen LogP contribution in [0.15, 0.2) is 23.2 Å². The van der Waals surface area contributed by atoms with Gasteiger partial charge in [-0.15, -0.1) is 0 Å². The SMILES string of the molecule is CN=C(NCCCCCC(=O)OC)NCc1ccc(C)cc1OCCCOC. The van der Waals surface area contributed by atoms with Crippen LogP contribution in [0.25, 0.3) is 0 Å². The molecule has 0 aliphatic carbocycles. The van der Waals surface area contributed by atoms with Gasteiger partial charge in [-0.25, -0.2) is 0 Å². The molecule has 1 rings (SSSR count). The van der Waals surface area contributed by atoms with E-state index >= 15 is 0 Å². The van der Waals surface area contributed by atoms with Crippen LogP contribution in [0.1, 0.15) is 43.2 Å². The third-order valence-corrected chi connectivity index (χ3v) is 4.22. The van der Waals surface area contributed by atoms with Crippen molar-refractivity contribution in [1.29, 1.82) is 0 Å². The molecule has 0 heterocycles. The number of aryl methyl sites for hydroxylation is 1. The maximum absolute atomic E-state index is 11.1. The van der Waals surface area contributed by atoms with E-state index in [1.165, 1.54) is 12.7 Å². The summed E-state index contributed by atoms with van der Waals surface area (Å²) in [5.41, 5.74) is 2.25. The number of benzene rings is 1. The van der Waals surface area contributed by atoms with Gasteiger partial charge in [0, 0.05) is 52.3 Å². The lowest BCUT2D eigenvalue weighted by Gasteiger charge is -2.15. The number of guanidine groups is 1. The number of carbonyl (C=O) groups is 1. The van der Waals surface area contributed by atoms with Gasteiger partial charge in [-0.3, -0.25) is 9.79 Å². The lowest BCUT2D eigenvalue weighted by Crippen LogP contribution is -2.37. The number of hydrogen-bond donors (Lipinski definition) is 2. The van der Waals surface area contributed by atoms with Gasteiger partial charge in [-0.1, -0.05) is 18.6 Å². The third kappa shape index (κ3) is 10.2. The Hall–Kier alpha value is -2.28. The second kappa shape index (κ2) is 14.7. The lowest BCUT2D eigenvalue weighted by molar-refractivity contribution is -0.140. The number of methoxy groups -OCH3 is 2. The third-order valence-electron chi connectivity index (χ3n) is 4.22. The quantitative estimate of drug-likeness (QED) is 0.232. The first kappa shape index (κ1) is 23.8. The molecule has 0 spiro atoms. The molecule has 0 bridgehead atoms. The highest BCUT2D eigenvalue weighted by atomic mass is 16.5. The van der Waals surface area contributed by atoms with Crippen molar-refractivity contribution < 1.29 is 19.0 Å². The molecule has 7 nitrogen and oxygen atoms in total. The van der Waals surface area contributed by atoms with Gasteiger partial charge < -0.3 is 24.8 Å². The maximum Gasteiger partial charge on any atom is 0.305 e. The number of carbonyl (C=O) groups excluding carboxylic acids is 1. The highest BCUT2D eigenvalue weighted by Gasteiger charge is 2.06. The molecule has 1 aromatic rings. The van der Waals surface area contributed by atoms with Gasteiger partial charge in [-0.05, 0) is 31.4 Å². The Morgan fingerprint density at radius 1 is 1.07 bits per heavy atom. The van der Waals surface area contributed by atoms with Gasteiger partial charge in [0.25, 0.3) is 0 Å². The fourth-order valence-electron chi connectivity index (χ4n) is 2.61. The number of hydrogen-bond acceptors (Lipinski definition) is 5. The van der Waals surface area contributed by atoms with E-state index in [1.807, 2.05) is 0 Å². The van der Waals surface area contributed by atoms with Crippen LogP contribution in [0.4, 0.5) is 0 Å². The number of nitrogens with zero attached hydrogens (tertiary/aromatic N) is 1. The number of esters is 1. The van der Waals surface area contributed by atoms with Crippen molar-refractivity contribution in [2.45, 2.75) is 45.6 Å². The van der Waals surface area contributed by atoms with E-state index in [4.69, 9.17) is 9.47 Å². The molecular weight excluding hydrogens is 358 g/mol. The van der Waals surface area contributed by atoms with Crippen molar-refractivity contribution in [2.24, 2.45) is 4.99 Å². The Labute approximate surface area is 168 Å². The summed E-state index contributed by atoms with van der Waals surface area (Å²) >= 11 is 0. The Bertz CT molecular complexity index is 605. The summed E-state index contributed by atoms with van der Waals surface area (Å²) in [6.07, 6.45) is 4.11. The van der Waals surface area contributed by atoms with E-state index in [2.05, 4.69) is 45.5 Å². The van der Waals surface area contributed by atoms with Crippen LogP contribution in [-0.4, -0.2) is 53.0 Å². The van der Waals surface area contributed by atoms with Crippen LogP contribution in [0.2, 0.25) is 0 Å². The van der Waals surface area contributed by atoms with Crippen molar-refractivity contribution >= 4 is 11.9 Å². The first-order valence-electron chi connectivity index (χ1n) is 9.83.